The first kappa shape index (κ1) is 16.4. The number of ether oxygens (including phenoxy) is 1. The van der Waals surface area contributed by atoms with E-state index in [4.69, 9.17) is 4.74 Å². The summed E-state index contributed by atoms with van der Waals surface area (Å²) >= 11 is 1.82. The van der Waals surface area contributed by atoms with Crippen LogP contribution in [0.4, 0.5) is 0 Å². The summed E-state index contributed by atoms with van der Waals surface area (Å²) in [6.07, 6.45) is 1.96. The van der Waals surface area contributed by atoms with Gasteiger partial charge in [0, 0.05) is 27.5 Å². The van der Waals surface area contributed by atoms with Gasteiger partial charge in [0.25, 0.3) is 0 Å². The van der Waals surface area contributed by atoms with Crippen molar-refractivity contribution in [3.05, 3.63) is 54.7 Å². The van der Waals surface area contributed by atoms with Crippen LogP contribution in [0.5, 0.6) is 0 Å². The summed E-state index contributed by atoms with van der Waals surface area (Å²) in [7, 11) is 4.10. The molecule has 4 rings (SSSR count). The Labute approximate surface area is 152 Å². The fraction of sp³-hybridized carbons (Fsp3) is 0.250. The summed E-state index contributed by atoms with van der Waals surface area (Å²) in [4.78, 5) is 4.64. The number of likely N-dealkylation sites (N-methyl/N-ethyl adjacent to an activating group) is 1. The Kier molecular flexibility index (Phi) is 4.61. The van der Waals surface area contributed by atoms with Gasteiger partial charge in [0.15, 0.2) is 0 Å². The lowest BCUT2D eigenvalue weighted by atomic mass is 10.0. The van der Waals surface area contributed by atoms with E-state index in [2.05, 4.69) is 58.5 Å². The topological polar surface area (TPSA) is 30.3 Å². The van der Waals surface area contributed by atoms with Crippen molar-refractivity contribution in [1.29, 1.82) is 0 Å². The molecule has 0 radical (unpaired) electrons. The summed E-state index contributed by atoms with van der Waals surface area (Å²) in [5.74, 6) is 0. The summed E-state index contributed by atoms with van der Waals surface area (Å²) < 4.78 is 7.83. The molecule has 0 fully saturated rings. The Balaban J connectivity index is 1.75. The molecule has 0 N–H and O–H groups in total. The lowest BCUT2D eigenvalue weighted by Gasteiger charge is -2.13. The maximum absolute atomic E-state index is 5.85. The minimum atomic E-state index is 0.463. The van der Waals surface area contributed by atoms with Gasteiger partial charge in [0.05, 0.1) is 18.5 Å². The second-order valence-corrected chi connectivity index (χ2v) is 7.43. The van der Waals surface area contributed by atoms with Gasteiger partial charge in [-0.15, -0.1) is 0 Å². The van der Waals surface area contributed by atoms with Crippen molar-refractivity contribution in [2.75, 3.05) is 27.2 Å². The van der Waals surface area contributed by atoms with Crippen LogP contribution in [-0.4, -0.2) is 41.9 Å². The second kappa shape index (κ2) is 7.04. The maximum Gasteiger partial charge on any atom is 0.140 e. The van der Waals surface area contributed by atoms with E-state index in [0.29, 0.717) is 13.3 Å². The van der Waals surface area contributed by atoms with Gasteiger partial charge in [-0.25, -0.2) is 4.68 Å². The minimum Gasteiger partial charge on any atom is -0.358 e. The quantitative estimate of drug-likeness (QED) is 0.504. The van der Waals surface area contributed by atoms with Crippen molar-refractivity contribution in [3.8, 4) is 22.4 Å². The Morgan fingerprint density at radius 2 is 1.64 bits per heavy atom. The van der Waals surface area contributed by atoms with Gasteiger partial charge < -0.3 is 9.64 Å². The molecule has 1 aliphatic rings. The lowest BCUT2D eigenvalue weighted by Crippen LogP contribution is -2.19. The summed E-state index contributed by atoms with van der Waals surface area (Å²) in [6.45, 7) is 2.05. The molecule has 0 amide bonds. The van der Waals surface area contributed by atoms with Crippen molar-refractivity contribution < 1.29 is 4.74 Å². The van der Waals surface area contributed by atoms with Gasteiger partial charge in [0.2, 0.25) is 0 Å². The first-order valence-corrected chi connectivity index (χ1v) is 9.20. The molecule has 0 atom stereocenters. The van der Waals surface area contributed by atoms with Gasteiger partial charge in [0.1, 0.15) is 6.73 Å². The number of rotatable bonds is 5. The standard InChI is InChI=1S/C20H21N3OS/c1-22(2)11-12-24-14-23-20-16-8-4-6-10-19(16)25-18-9-5-3-7-15(18)17(20)13-21-23/h3-10,13H,11-12,14H2,1-2H3. The average Bonchev–Trinajstić information content (AvgIpc) is 2.97. The van der Waals surface area contributed by atoms with E-state index in [0.717, 1.165) is 12.2 Å². The van der Waals surface area contributed by atoms with E-state index in [1.165, 1.54) is 26.5 Å². The molecule has 2 heterocycles. The Morgan fingerprint density at radius 3 is 2.40 bits per heavy atom. The zero-order chi connectivity index (χ0) is 17.2. The van der Waals surface area contributed by atoms with Crippen LogP contribution in [0.2, 0.25) is 0 Å². The smallest absolute Gasteiger partial charge is 0.140 e. The van der Waals surface area contributed by atoms with Crippen molar-refractivity contribution in [3.63, 3.8) is 0 Å². The van der Waals surface area contributed by atoms with Crippen LogP contribution in [0.15, 0.2) is 64.5 Å². The number of benzene rings is 2. The van der Waals surface area contributed by atoms with Crippen LogP contribution < -0.4 is 0 Å². The Hall–Kier alpha value is -2.08. The van der Waals surface area contributed by atoms with E-state index >= 15 is 0 Å². The molecule has 0 saturated carbocycles. The summed E-state index contributed by atoms with van der Waals surface area (Å²) in [5, 5.41) is 4.62. The monoisotopic (exact) mass is 351 g/mol. The molecule has 0 saturated heterocycles. The molecule has 2 aromatic carbocycles. The van der Waals surface area contributed by atoms with Gasteiger partial charge in [-0.2, -0.15) is 5.10 Å². The summed E-state index contributed by atoms with van der Waals surface area (Å²) in [6, 6.07) is 17.1. The molecule has 25 heavy (non-hydrogen) atoms. The van der Waals surface area contributed by atoms with Gasteiger partial charge in [-0.1, -0.05) is 48.2 Å². The van der Waals surface area contributed by atoms with E-state index in [-0.39, 0.29) is 0 Å². The molecule has 3 aromatic rings. The number of fused-ring (bicyclic) bond motifs is 5. The molecule has 0 bridgehead atoms. The number of nitrogens with zero attached hydrogens (tertiary/aromatic N) is 3. The number of hydrogen-bond acceptors (Lipinski definition) is 4. The van der Waals surface area contributed by atoms with Crippen molar-refractivity contribution >= 4 is 11.8 Å². The van der Waals surface area contributed by atoms with E-state index in [1.807, 2.05) is 36.7 Å². The first-order valence-electron chi connectivity index (χ1n) is 8.39. The molecule has 0 aliphatic carbocycles. The highest BCUT2D eigenvalue weighted by Gasteiger charge is 2.23. The molecule has 0 spiro atoms. The van der Waals surface area contributed by atoms with Crippen LogP contribution in [-0.2, 0) is 11.5 Å². The SMILES string of the molecule is CN(C)CCOCn1ncc2c1-c1ccccc1Sc1ccccc1-2. The predicted molar refractivity (Wildman–Crippen MR) is 102 cm³/mol. The number of aromatic nitrogens is 2. The average molecular weight is 351 g/mol. The highest BCUT2D eigenvalue weighted by atomic mass is 32.2. The third-order valence-corrected chi connectivity index (χ3v) is 5.43. The highest BCUT2D eigenvalue weighted by molar-refractivity contribution is 7.99. The van der Waals surface area contributed by atoms with Crippen molar-refractivity contribution in [2.45, 2.75) is 16.5 Å². The molecule has 1 aromatic heterocycles. The zero-order valence-corrected chi connectivity index (χ0v) is 15.3. The zero-order valence-electron chi connectivity index (χ0n) is 14.5. The van der Waals surface area contributed by atoms with Gasteiger partial charge in [-0.3, -0.25) is 0 Å². The van der Waals surface area contributed by atoms with E-state index in [9.17, 15) is 0 Å². The third kappa shape index (κ3) is 3.23. The van der Waals surface area contributed by atoms with Crippen LogP contribution in [0.1, 0.15) is 0 Å². The molecular weight excluding hydrogens is 330 g/mol. The van der Waals surface area contributed by atoms with Crippen molar-refractivity contribution in [2.24, 2.45) is 0 Å². The lowest BCUT2D eigenvalue weighted by molar-refractivity contribution is 0.0598. The Morgan fingerprint density at radius 1 is 0.960 bits per heavy atom. The minimum absolute atomic E-state index is 0.463. The molecule has 1 aliphatic heterocycles. The van der Waals surface area contributed by atoms with E-state index in [1.54, 1.807) is 0 Å². The first-order chi connectivity index (χ1) is 12.2. The molecule has 0 unspecified atom stereocenters. The predicted octanol–water partition coefficient (Wildman–Crippen LogP) is 4.22. The molecule has 128 valence electrons. The molecule has 5 heteroatoms. The van der Waals surface area contributed by atoms with Crippen LogP contribution in [0.3, 0.4) is 0 Å². The van der Waals surface area contributed by atoms with Crippen LogP contribution >= 0.6 is 11.8 Å². The largest absolute Gasteiger partial charge is 0.358 e. The normalized spacial score (nSPS) is 12.4. The van der Waals surface area contributed by atoms with Crippen LogP contribution in [0, 0.1) is 0 Å². The van der Waals surface area contributed by atoms with Crippen LogP contribution in [0.25, 0.3) is 22.4 Å². The maximum atomic E-state index is 5.85. The molecule has 4 nitrogen and oxygen atoms in total. The second-order valence-electron chi connectivity index (χ2n) is 6.34. The fourth-order valence-electron chi connectivity index (χ4n) is 3.01. The highest BCUT2D eigenvalue weighted by Crippen LogP contribution is 2.47. The number of hydrogen-bond donors (Lipinski definition) is 0. The van der Waals surface area contributed by atoms with Crippen molar-refractivity contribution in [1.82, 2.24) is 14.7 Å². The Bertz CT molecular complexity index is 888. The van der Waals surface area contributed by atoms with Gasteiger partial charge in [-0.05, 0) is 31.8 Å². The van der Waals surface area contributed by atoms with Gasteiger partial charge >= 0.3 is 0 Å². The summed E-state index contributed by atoms with van der Waals surface area (Å²) in [5.41, 5.74) is 4.76. The molecular formula is C20H21N3OS. The van der Waals surface area contributed by atoms with E-state index < -0.39 is 0 Å². The third-order valence-electron chi connectivity index (χ3n) is 4.28. The fourth-order valence-corrected chi connectivity index (χ4v) is 4.10.